The monoisotopic (exact) mass is 285 g/mol. The maximum atomic E-state index is 6.04. The van der Waals surface area contributed by atoms with E-state index in [0.717, 1.165) is 11.4 Å². The molecule has 0 bridgehead atoms. The van der Waals surface area contributed by atoms with Crippen molar-refractivity contribution in [2.75, 3.05) is 5.32 Å². The van der Waals surface area contributed by atoms with E-state index in [4.69, 9.17) is 11.6 Å². The molecule has 1 atom stereocenters. The summed E-state index contributed by atoms with van der Waals surface area (Å²) in [5.74, 6) is 0. The fourth-order valence-electron chi connectivity index (χ4n) is 3.54. The van der Waals surface area contributed by atoms with Crippen molar-refractivity contribution in [3.8, 4) is 0 Å². The summed E-state index contributed by atoms with van der Waals surface area (Å²) in [4.78, 5) is 0. The molecule has 1 nitrogen and oxygen atoms in total. The van der Waals surface area contributed by atoms with Crippen molar-refractivity contribution in [3.05, 3.63) is 64.7 Å². The molecule has 0 fully saturated rings. The van der Waals surface area contributed by atoms with Crippen LogP contribution in [0.3, 0.4) is 0 Å². The molecule has 0 saturated carbocycles. The van der Waals surface area contributed by atoms with Crippen molar-refractivity contribution in [3.63, 3.8) is 0 Å². The number of hydrogen-bond acceptors (Lipinski definition) is 1. The molecule has 2 aromatic rings. The Morgan fingerprint density at radius 2 is 1.60 bits per heavy atom. The van der Waals surface area contributed by atoms with Crippen LogP contribution in [0.1, 0.15) is 38.3 Å². The van der Waals surface area contributed by atoms with Crippen molar-refractivity contribution in [1.29, 1.82) is 0 Å². The van der Waals surface area contributed by atoms with E-state index in [-0.39, 0.29) is 11.0 Å². The number of nitrogens with one attached hydrogen (secondary N) is 1. The van der Waals surface area contributed by atoms with E-state index in [1.165, 1.54) is 16.8 Å². The molecule has 1 N–H and O–H groups in total. The van der Waals surface area contributed by atoms with E-state index in [1.807, 2.05) is 12.1 Å². The molecule has 0 radical (unpaired) electrons. The highest BCUT2D eigenvalue weighted by atomic mass is 35.5. The Labute approximate surface area is 126 Å². The van der Waals surface area contributed by atoms with E-state index in [0.29, 0.717) is 0 Å². The van der Waals surface area contributed by atoms with Crippen molar-refractivity contribution in [2.24, 2.45) is 0 Å². The summed E-state index contributed by atoms with van der Waals surface area (Å²) in [6.45, 7) is 6.85. The number of anilines is 1. The average Bonchev–Trinajstić information content (AvgIpc) is 2.38. The normalized spacial score (nSPS) is 23.8. The van der Waals surface area contributed by atoms with Crippen molar-refractivity contribution >= 4 is 17.3 Å². The van der Waals surface area contributed by atoms with Crippen LogP contribution in [0.2, 0.25) is 5.02 Å². The van der Waals surface area contributed by atoms with Crippen molar-refractivity contribution in [2.45, 2.75) is 38.1 Å². The summed E-state index contributed by atoms with van der Waals surface area (Å²) in [5.41, 5.74) is 4.00. The van der Waals surface area contributed by atoms with Crippen molar-refractivity contribution in [1.82, 2.24) is 0 Å². The molecule has 0 amide bonds. The lowest BCUT2D eigenvalue weighted by Gasteiger charge is -2.45. The second-order valence-corrected chi connectivity index (χ2v) is 7.01. The molecule has 20 heavy (non-hydrogen) atoms. The maximum Gasteiger partial charge on any atom is 0.0406 e. The third-order valence-electron chi connectivity index (χ3n) is 4.27. The Morgan fingerprint density at radius 3 is 2.30 bits per heavy atom. The van der Waals surface area contributed by atoms with E-state index >= 15 is 0 Å². The Bertz CT molecular complexity index is 630. The zero-order valence-corrected chi connectivity index (χ0v) is 13.0. The predicted octanol–water partition coefficient (Wildman–Crippen LogP) is 5.24. The van der Waals surface area contributed by atoms with Gasteiger partial charge in [0.15, 0.2) is 0 Å². The highest BCUT2D eigenvalue weighted by molar-refractivity contribution is 6.30. The maximum absolute atomic E-state index is 6.04. The van der Waals surface area contributed by atoms with Gasteiger partial charge in [0.2, 0.25) is 0 Å². The van der Waals surface area contributed by atoms with Gasteiger partial charge in [0, 0.05) is 21.7 Å². The lowest BCUT2D eigenvalue weighted by atomic mass is 9.66. The van der Waals surface area contributed by atoms with E-state index < -0.39 is 0 Å². The second-order valence-electron chi connectivity index (χ2n) is 6.57. The molecule has 3 rings (SSSR count). The minimum Gasteiger partial charge on any atom is -0.380 e. The number of para-hydroxylation sites is 1. The smallest absolute Gasteiger partial charge is 0.0406 e. The number of benzene rings is 2. The number of hydrogen-bond donors (Lipinski definition) is 1. The molecule has 104 valence electrons. The molecule has 0 aromatic heterocycles. The molecule has 1 aliphatic rings. The Morgan fingerprint density at radius 1 is 0.950 bits per heavy atom. The summed E-state index contributed by atoms with van der Waals surface area (Å²) >= 11 is 6.04. The Hall–Kier alpha value is -1.47. The fraction of sp³-hybridized carbons (Fsp3) is 0.333. The van der Waals surface area contributed by atoms with E-state index in [2.05, 4.69) is 62.5 Å². The van der Waals surface area contributed by atoms with Gasteiger partial charge in [-0.25, -0.2) is 0 Å². The minimum absolute atomic E-state index is 0.00985. The summed E-state index contributed by atoms with van der Waals surface area (Å²) in [7, 11) is 0. The fourth-order valence-corrected chi connectivity index (χ4v) is 3.66. The van der Waals surface area contributed by atoms with Gasteiger partial charge in [-0.1, -0.05) is 48.9 Å². The van der Waals surface area contributed by atoms with Gasteiger partial charge in [0.05, 0.1) is 0 Å². The quantitative estimate of drug-likeness (QED) is 0.755. The first-order valence-corrected chi connectivity index (χ1v) is 7.42. The summed E-state index contributed by atoms with van der Waals surface area (Å²) in [5, 5.41) is 4.44. The molecule has 0 aliphatic carbocycles. The van der Waals surface area contributed by atoms with Crippen LogP contribution >= 0.6 is 11.6 Å². The van der Waals surface area contributed by atoms with Crippen LogP contribution in [0.5, 0.6) is 0 Å². The molecule has 1 heterocycles. The largest absolute Gasteiger partial charge is 0.380 e. The van der Waals surface area contributed by atoms with Crippen LogP contribution < -0.4 is 5.32 Å². The molecule has 1 aliphatic heterocycles. The molecule has 0 unspecified atom stereocenters. The Balaban J connectivity index is 2.18. The van der Waals surface area contributed by atoms with Gasteiger partial charge in [-0.3, -0.25) is 0 Å². The average molecular weight is 286 g/mol. The highest BCUT2D eigenvalue weighted by Gasteiger charge is 2.41. The van der Waals surface area contributed by atoms with Crippen LogP contribution in [0.25, 0.3) is 0 Å². The van der Waals surface area contributed by atoms with Gasteiger partial charge in [0.1, 0.15) is 0 Å². The van der Waals surface area contributed by atoms with Gasteiger partial charge in [-0.2, -0.15) is 0 Å². The second kappa shape index (κ2) is 4.53. The number of rotatable bonds is 1. The van der Waals surface area contributed by atoms with Crippen LogP contribution in [-0.4, -0.2) is 5.54 Å². The van der Waals surface area contributed by atoms with Crippen LogP contribution in [0.4, 0.5) is 5.69 Å². The molecule has 0 saturated heterocycles. The topological polar surface area (TPSA) is 12.0 Å². The molecule has 2 heteroatoms. The zero-order valence-electron chi connectivity index (χ0n) is 12.2. The molecular formula is C18H20ClN. The first-order chi connectivity index (χ1) is 9.41. The van der Waals surface area contributed by atoms with Crippen LogP contribution in [0, 0.1) is 0 Å². The van der Waals surface area contributed by atoms with E-state index in [1.54, 1.807) is 0 Å². The van der Waals surface area contributed by atoms with Gasteiger partial charge < -0.3 is 5.32 Å². The summed E-state index contributed by atoms with van der Waals surface area (Å²) < 4.78 is 0. The zero-order chi connectivity index (χ0) is 14.4. The third kappa shape index (κ3) is 2.20. The number of fused-ring (bicyclic) bond motifs is 1. The third-order valence-corrected chi connectivity index (χ3v) is 4.52. The van der Waals surface area contributed by atoms with Gasteiger partial charge in [-0.05, 0) is 49.6 Å². The standard InChI is InChI=1S/C18H20ClN/c1-17(2)12-18(3,13-8-10-14(19)11-9-13)15-6-4-5-7-16(15)20-17/h4-11,20H,12H2,1-3H3/t18-/m1/s1. The predicted molar refractivity (Wildman–Crippen MR) is 86.7 cm³/mol. The SMILES string of the molecule is CC1(C)C[C@](C)(c2ccc(Cl)cc2)c2ccccc2N1. The number of halogens is 1. The summed E-state index contributed by atoms with van der Waals surface area (Å²) in [6, 6.07) is 16.9. The first kappa shape index (κ1) is 13.5. The van der Waals surface area contributed by atoms with Gasteiger partial charge in [0.25, 0.3) is 0 Å². The van der Waals surface area contributed by atoms with Crippen molar-refractivity contribution < 1.29 is 0 Å². The van der Waals surface area contributed by atoms with Crippen LogP contribution in [0.15, 0.2) is 48.5 Å². The summed E-state index contributed by atoms with van der Waals surface area (Å²) in [6.07, 6.45) is 1.05. The van der Waals surface area contributed by atoms with Gasteiger partial charge in [-0.15, -0.1) is 0 Å². The van der Waals surface area contributed by atoms with Gasteiger partial charge >= 0.3 is 0 Å². The first-order valence-electron chi connectivity index (χ1n) is 7.04. The molecular weight excluding hydrogens is 266 g/mol. The lowest BCUT2D eigenvalue weighted by Crippen LogP contribution is -2.45. The lowest BCUT2D eigenvalue weighted by molar-refractivity contribution is 0.378. The minimum atomic E-state index is 0.00985. The van der Waals surface area contributed by atoms with E-state index in [9.17, 15) is 0 Å². The highest BCUT2D eigenvalue weighted by Crippen LogP contribution is 2.47. The molecule has 0 spiro atoms. The van der Waals surface area contributed by atoms with Crippen LogP contribution in [-0.2, 0) is 5.41 Å². The Kier molecular flexibility index (Phi) is 3.06. The molecule has 2 aromatic carbocycles.